The summed E-state index contributed by atoms with van der Waals surface area (Å²) >= 11 is 0. The van der Waals surface area contributed by atoms with Crippen LogP contribution in [0.1, 0.15) is 29.6 Å². The summed E-state index contributed by atoms with van der Waals surface area (Å²) in [6.45, 7) is -1.40. The summed E-state index contributed by atoms with van der Waals surface area (Å²) in [5.41, 5.74) is 0.236. The number of rotatable bonds is 5. The molecule has 2 rings (SSSR count). The first kappa shape index (κ1) is 17.1. The minimum atomic E-state index is -4.43. The van der Waals surface area contributed by atoms with Crippen LogP contribution in [-0.4, -0.2) is 35.8 Å². The molecule has 0 aliphatic heterocycles. The lowest BCUT2D eigenvalue weighted by Gasteiger charge is -2.17. The van der Waals surface area contributed by atoms with Crippen LogP contribution in [0.3, 0.4) is 0 Å². The maximum atomic E-state index is 12.1. The van der Waals surface area contributed by atoms with Crippen molar-refractivity contribution in [2.75, 3.05) is 6.61 Å². The molecule has 0 saturated heterocycles. The van der Waals surface area contributed by atoms with Crippen LogP contribution in [0.2, 0.25) is 0 Å². The molecule has 2 atom stereocenters. The van der Waals surface area contributed by atoms with Crippen molar-refractivity contribution in [2.45, 2.75) is 31.5 Å². The first-order valence-electron chi connectivity index (χ1n) is 7.09. The average Bonchev–Trinajstić information content (AvgIpc) is 2.93. The highest BCUT2D eigenvalue weighted by Crippen LogP contribution is 2.26. The average molecular weight is 331 g/mol. The van der Waals surface area contributed by atoms with Crippen LogP contribution in [0.25, 0.3) is 0 Å². The van der Waals surface area contributed by atoms with E-state index < -0.39 is 36.6 Å². The van der Waals surface area contributed by atoms with Gasteiger partial charge >= 0.3 is 12.1 Å². The number of hydrogen-bond donors (Lipinski definition) is 2. The van der Waals surface area contributed by atoms with Gasteiger partial charge in [-0.1, -0.05) is 6.42 Å². The van der Waals surface area contributed by atoms with Gasteiger partial charge in [0.25, 0.3) is 5.91 Å². The second kappa shape index (κ2) is 6.89. The van der Waals surface area contributed by atoms with E-state index in [9.17, 15) is 22.8 Å². The zero-order valence-corrected chi connectivity index (χ0v) is 12.1. The number of nitrogens with one attached hydrogen (secondary N) is 1. The summed E-state index contributed by atoms with van der Waals surface area (Å²) in [6.07, 6.45) is -2.59. The lowest BCUT2D eigenvalue weighted by atomic mass is 10.0. The normalized spacial score (nSPS) is 21.0. The number of ether oxygens (including phenoxy) is 1. The van der Waals surface area contributed by atoms with E-state index in [0.717, 1.165) is 6.42 Å². The molecule has 0 heterocycles. The van der Waals surface area contributed by atoms with Gasteiger partial charge in [-0.25, -0.2) is 0 Å². The molecular weight excluding hydrogens is 315 g/mol. The standard InChI is InChI=1S/C15H16F3NO4/c16-15(17,18)8-23-10-6-4-9(5-7-10)13(20)19-12-3-1-2-11(12)14(21)22/h4-7,11-12H,1-3,8H2,(H,19,20)(H,21,22)/t11-,12+/m1/s1. The largest absolute Gasteiger partial charge is 0.484 e. The molecule has 1 saturated carbocycles. The van der Waals surface area contributed by atoms with Crippen LogP contribution in [-0.2, 0) is 4.79 Å². The highest BCUT2D eigenvalue weighted by atomic mass is 19.4. The van der Waals surface area contributed by atoms with Crippen molar-refractivity contribution in [2.24, 2.45) is 5.92 Å². The number of halogens is 3. The van der Waals surface area contributed by atoms with Crippen LogP contribution in [0.15, 0.2) is 24.3 Å². The molecule has 0 aromatic heterocycles. The van der Waals surface area contributed by atoms with E-state index in [-0.39, 0.29) is 11.3 Å². The molecule has 23 heavy (non-hydrogen) atoms. The van der Waals surface area contributed by atoms with E-state index in [1.807, 2.05) is 0 Å². The van der Waals surface area contributed by atoms with E-state index in [1.165, 1.54) is 24.3 Å². The third-order valence-electron chi connectivity index (χ3n) is 3.67. The maximum Gasteiger partial charge on any atom is 0.422 e. The summed E-state index contributed by atoms with van der Waals surface area (Å²) in [5.74, 6) is -1.99. The van der Waals surface area contributed by atoms with Crippen LogP contribution >= 0.6 is 0 Å². The molecule has 126 valence electrons. The third-order valence-corrected chi connectivity index (χ3v) is 3.67. The molecule has 0 spiro atoms. The van der Waals surface area contributed by atoms with Crippen molar-refractivity contribution in [3.63, 3.8) is 0 Å². The Kier molecular flexibility index (Phi) is 5.12. The van der Waals surface area contributed by atoms with Gasteiger partial charge in [0.2, 0.25) is 0 Å². The second-order valence-corrected chi connectivity index (χ2v) is 5.38. The molecular formula is C15H16F3NO4. The van der Waals surface area contributed by atoms with Crippen molar-refractivity contribution in [1.29, 1.82) is 0 Å². The van der Waals surface area contributed by atoms with E-state index in [2.05, 4.69) is 10.1 Å². The number of alkyl halides is 3. The van der Waals surface area contributed by atoms with Crippen LogP contribution in [0.5, 0.6) is 5.75 Å². The van der Waals surface area contributed by atoms with E-state index in [4.69, 9.17) is 5.11 Å². The Bertz CT molecular complexity index is 571. The Labute approximate surface area is 130 Å². The molecule has 1 aliphatic rings. The van der Waals surface area contributed by atoms with Crippen molar-refractivity contribution < 1.29 is 32.6 Å². The van der Waals surface area contributed by atoms with Gasteiger partial charge in [-0.3, -0.25) is 9.59 Å². The van der Waals surface area contributed by atoms with Gasteiger partial charge in [0, 0.05) is 11.6 Å². The van der Waals surface area contributed by atoms with Gasteiger partial charge in [-0.15, -0.1) is 0 Å². The fourth-order valence-corrected chi connectivity index (χ4v) is 2.55. The predicted molar refractivity (Wildman–Crippen MR) is 74.2 cm³/mol. The summed E-state index contributed by atoms with van der Waals surface area (Å²) < 4.78 is 40.7. The Morgan fingerprint density at radius 1 is 1.22 bits per heavy atom. The topological polar surface area (TPSA) is 75.6 Å². The van der Waals surface area contributed by atoms with Crippen LogP contribution in [0.4, 0.5) is 13.2 Å². The predicted octanol–water partition coefficient (Wildman–Crippen LogP) is 2.61. The van der Waals surface area contributed by atoms with Gasteiger partial charge in [-0.2, -0.15) is 13.2 Å². The Balaban J connectivity index is 1.94. The fraction of sp³-hybridized carbons (Fsp3) is 0.467. The van der Waals surface area contributed by atoms with Gasteiger partial charge in [-0.05, 0) is 37.1 Å². The second-order valence-electron chi connectivity index (χ2n) is 5.38. The first-order chi connectivity index (χ1) is 10.8. The molecule has 0 unspecified atom stereocenters. The van der Waals surface area contributed by atoms with Crippen molar-refractivity contribution >= 4 is 11.9 Å². The zero-order chi connectivity index (χ0) is 17.0. The summed E-state index contributed by atoms with van der Waals surface area (Å²) in [4.78, 5) is 23.1. The number of benzene rings is 1. The molecule has 1 aliphatic carbocycles. The van der Waals surface area contributed by atoms with Gasteiger partial charge in [0.1, 0.15) is 5.75 Å². The minimum Gasteiger partial charge on any atom is -0.484 e. The molecule has 1 aromatic rings. The zero-order valence-electron chi connectivity index (χ0n) is 12.1. The fourth-order valence-electron chi connectivity index (χ4n) is 2.55. The van der Waals surface area contributed by atoms with E-state index >= 15 is 0 Å². The first-order valence-corrected chi connectivity index (χ1v) is 7.09. The summed E-state index contributed by atoms with van der Waals surface area (Å²) in [7, 11) is 0. The number of carboxylic acids is 1. The van der Waals surface area contributed by atoms with E-state index in [0.29, 0.717) is 12.8 Å². The third kappa shape index (κ3) is 4.87. The van der Waals surface area contributed by atoms with Crippen LogP contribution in [0, 0.1) is 5.92 Å². The van der Waals surface area contributed by atoms with Crippen molar-refractivity contribution in [3.8, 4) is 5.75 Å². The summed E-state index contributed by atoms with van der Waals surface area (Å²) in [5, 5.41) is 11.7. The lowest BCUT2D eigenvalue weighted by Crippen LogP contribution is -2.40. The maximum absolute atomic E-state index is 12.1. The SMILES string of the molecule is O=C(N[C@H]1CCC[C@H]1C(=O)O)c1ccc(OCC(F)(F)F)cc1. The number of carboxylic acid groups (broad SMARTS) is 1. The number of aliphatic carboxylic acids is 1. The molecule has 5 nitrogen and oxygen atoms in total. The smallest absolute Gasteiger partial charge is 0.422 e. The molecule has 1 aromatic carbocycles. The minimum absolute atomic E-state index is 0.00292. The number of amides is 1. The van der Waals surface area contributed by atoms with Crippen molar-refractivity contribution in [1.82, 2.24) is 5.32 Å². The molecule has 0 bridgehead atoms. The molecule has 0 radical (unpaired) electrons. The molecule has 1 fully saturated rings. The number of carbonyl (C=O) groups is 2. The summed E-state index contributed by atoms with van der Waals surface area (Å²) in [6, 6.07) is 4.78. The van der Waals surface area contributed by atoms with Crippen molar-refractivity contribution in [3.05, 3.63) is 29.8 Å². The highest BCUT2D eigenvalue weighted by molar-refractivity contribution is 5.94. The lowest BCUT2D eigenvalue weighted by molar-refractivity contribution is -0.153. The monoisotopic (exact) mass is 331 g/mol. The molecule has 8 heteroatoms. The van der Waals surface area contributed by atoms with Gasteiger partial charge in [0.15, 0.2) is 6.61 Å². The molecule has 2 N–H and O–H groups in total. The highest BCUT2D eigenvalue weighted by Gasteiger charge is 2.34. The Hall–Kier alpha value is -2.25. The molecule has 1 amide bonds. The number of carbonyl (C=O) groups excluding carboxylic acids is 1. The van der Waals surface area contributed by atoms with Gasteiger partial charge in [0.05, 0.1) is 5.92 Å². The number of hydrogen-bond acceptors (Lipinski definition) is 3. The van der Waals surface area contributed by atoms with Crippen LogP contribution < -0.4 is 10.1 Å². The Morgan fingerprint density at radius 2 is 1.87 bits per heavy atom. The Morgan fingerprint density at radius 3 is 2.43 bits per heavy atom. The van der Waals surface area contributed by atoms with Gasteiger partial charge < -0.3 is 15.2 Å². The quantitative estimate of drug-likeness (QED) is 0.870. The van der Waals surface area contributed by atoms with E-state index in [1.54, 1.807) is 0 Å².